The zero-order valence-corrected chi connectivity index (χ0v) is 15.0. The highest BCUT2D eigenvalue weighted by Crippen LogP contribution is 2.30. The van der Waals surface area contributed by atoms with Gasteiger partial charge in [-0.05, 0) is 37.8 Å². The van der Waals surface area contributed by atoms with E-state index < -0.39 is 0 Å². The Morgan fingerprint density at radius 2 is 2.21 bits per heavy atom. The van der Waals surface area contributed by atoms with Crippen molar-refractivity contribution < 1.29 is 4.79 Å². The zero-order valence-electron chi connectivity index (χ0n) is 14.3. The number of benzene rings is 1. The van der Waals surface area contributed by atoms with Crippen molar-refractivity contribution in [2.24, 2.45) is 7.05 Å². The van der Waals surface area contributed by atoms with E-state index in [0.29, 0.717) is 5.02 Å². The minimum Gasteiger partial charge on any atom is -0.331 e. The van der Waals surface area contributed by atoms with Crippen molar-refractivity contribution in [3.05, 3.63) is 52.3 Å². The number of carbonyl (C=O) groups excluding carboxylic acids is 1. The van der Waals surface area contributed by atoms with Crippen molar-refractivity contribution in [3.63, 3.8) is 0 Å². The van der Waals surface area contributed by atoms with E-state index >= 15 is 0 Å². The fourth-order valence-electron chi connectivity index (χ4n) is 3.31. The number of fused-ring (bicyclic) bond motifs is 1. The summed E-state index contributed by atoms with van der Waals surface area (Å²) in [4.78, 5) is 14.4. The van der Waals surface area contributed by atoms with Crippen molar-refractivity contribution >= 4 is 17.6 Å². The molecule has 0 fully saturated rings. The van der Waals surface area contributed by atoms with Crippen LogP contribution in [-0.4, -0.2) is 27.8 Å². The Labute approximate surface area is 147 Å². The molecule has 5 nitrogen and oxygen atoms in total. The monoisotopic (exact) mass is 346 g/mol. The van der Waals surface area contributed by atoms with Gasteiger partial charge >= 0.3 is 6.03 Å². The maximum Gasteiger partial charge on any atom is 0.318 e. The summed E-state index contributed by atoms with van der Waals surface area (Å²) in [6.07, 6.45) is 4.89. The van der Waals surface area contributed by atoms with Crippen LogP contribution in [0.2, 0.25) is 5.02 Å². The van der Waals surface area contributed by atoms with Crippen LogP contribution in [0.15, 0.2) is 30.5 Å². The second-order valence-electron chi connectivity index (χ2n) is 6.37. The van der Waals surface area contributed by atoms with Gasteiger partial charge in [0.05, 0.1) is 18.3 Å². The van der Waals surface area contributed by atoms with Gasteiger partial charge in [-0.1, -0.05) is 29.8 Å². The van der Waals surface area contributed by atoms with Gasteiger partial charge in [0, 0.05) is 30.4 Å². The molecule has 0 aliphatic heterocycles. The minimum absolute atomic E-state index is 0.0239. The van der Waals surface area contributed by atoms with Crippen molar-refractivity contribution in [2.45, 2.75) is 38.3 Å². The van der Waals surface area contributed by atoms with E-state index in [9.17, 15) is 4.79 Å². The molecule has 2 amide bonds. The quantitative estimate of drug-likeness (QED) is 0.917. The molecule has 0 spiro atoms. The van der Waals surface area contributed by atoms with Gasteiger partial charge in [-0.25, -0.2) is 4.79 Å². The smallest absolute Gasteiger partial charge is 0.318 e. The largest absolute Gasteiger partial charge is 0.331 e. The van der Waals surface area contributed by atoms with E-state index in [1.807, 2.05) is 49.1 Å². The van der Waals surface area contributed by atoms with E-state index in [-0.39, 0.29) is 18.1 Å². The summed E-state index contributed by atoms with van der Waals surface area (Å²) in [5.41, 5.74) is 3.30. The molecule has 0 saturated carbocycles. The third-order valence-corrected chi connectivity index (χ3v) is 5.27. The van der Waals surface area contributed by atoms with E-state index in [1.165, 1.54) is 5.69 Å². The second-order valence-corrected chi connectivity index (χ2v) is 6.78. The van der Waals surface area contributed by atoms with Gasteiger partial charge in [0.1, 0.15) is 0 Å². The molecule has 6 heteroatoms. The molecule has 0 radical (unpaired) electrons. The van der Waals surface area contributed by atoms with Crippen molar-refractivity contribution in [3.8, 4) is 0 Å². The predicted octanol–water partition coefficient (Wildman–Crippen LogP) is 3.85. The Morgan fingerprint density at radius 3 is 2.96 bits per heavy atom. The fraction of sp³-hybridized carbons (Fsp3) is 0.444. The molecule has 24 heavy (non-hydrogen) atoms. The molecule has 1 aliphatic carbocycles. The summed E-state index contributed by atoms with van der Waals surface area (Å²) >= 11 is 6.26. The lowest BCUT2D eigenvalue weighted by molar-refractivity contribution is 0.189. The molecule has 0 saturated heterocycles. The lowest BCUT2D eigenvalue weighted by atomic mass is 9.93. The maximum atomic E-state index is 12.7. The Kier molecular flexibility index (Phi) is 4.81. The highest BCUT2D eigenvalue weighted by Gasteiger charge is 2.27. The first kappa shape index (κ1) is 16.8. The van der Waals surface area contributed by atoms with E-state index in [1.54, 1.807) is 11.9 Å². The van der Waals surface area contributed by atoms with Crippen molar-refractivity contribution in [1.29, 1.82) is 0 Å². The van der Waals surface area contributed by atoms with E-state index in [0.717, 1.165) is 30.4 Å². The Balaban J connectivity index is 1.72. The van der Waals surface area contributed by atoms with Gasteiger partial charge in [-0.15, -0.1) is 0 Å². The highest BCUT2D eigenvalue weighted by molar-refractivity contribution is 6.31. The molecule has 128 valence electrons. The maximum absolute atomic E-state index is 12.7. The minimum atomic E-state index is -0.101. The molecular weight excluding hydrogens is 324 g/mol. The number of nitrogens with one attached hydrogen (secondary N) is 1. The molecule has 1 N–H and O–H groups in total. The number of aromatic nitrogens is 2. The highest BCUT2D eigenvalue weighted by atomic mass is 35.5. The molecule has 3 rings (SSSR count). The van der Waals surface area contributed by atoms with Gasteiger partial charge in [-0.3, -0.25) is 4.68 Å². The average Bonchev–Trinajstić information content (AvgIpc) is 2.96. The number of amides is 2. The zero-order chi connectivity index (χ0) is 17.3. The molecular formula is C18H23ClN4O. The number of carbonyl (C=O) groups is 1. The third kappa shape index (κ3) is 3.13. The van der Waals surface area contributed by atoms with Crippen molar-refractivity contribution in [2.75, 3.05) is 7.05 Å². The second kappa shape index (κ2) is 6.85. The number of rotatable bonds is 3. The number of urea groups is 1. The first-order chi connectivity index (χ1) is 11.5. The van der Waals surface area contributed by atoms with Crippen LogP contribution in [0.4, 0.5) is 4.79 Å². The summed E-state index contributed by atoms with van der Waals surface area (Å²) in [7, 11) is 3.75. The number of halogens is 1. The third-order valence-electron chi connectivity index (χ3n) is 4.93. The summed E-state index contributed by atoms with van der Waals surface area (Å²) < 4.78 is 1.91. The molecule has 1 aliphatic rings. The Bertz CT molecular complexity index is 742. The normalized spacial score (nSPS) is 17.9. The number of hydrogen-bond donors (Lipinski definition) is 1. The van der Waals surface area contributed by atoms with Gasteiger partial charge in [0.15, 0.2) is 0 Å². The van der Waals surface area contributed by atoms with Gasteiger partial charge in [0.25, 0.3) is 0 Å². The van der Waals surface area contributed by atoms with Crippen LogP contribution in [0.25, 0.3) is 0 Å². The van der Waals surface area contributed by atoms with Crippen LogP contribution in [0.5, 0.6) is 0 Å². The van der Waals surface area contributed by atoms with E-state index in [2.05, 4.69) is 10.4 Å². The molecule has 0 bridgehead atoms. The number of nitrogens with zero attached hydrogens (tertiary/aromatic N) is 3. The predicted molar refractivity (Wildman–Crippen MR) is 95.0 cm³/mol. The van der Waals surface area contributed by atoms with Crippen LogP contribution < -0.4 is 5.32 Å². The van der Waals surface area contributed by atoms with Crippen LogP contribution in [0.1, 0.15) is 48.7 Å². The number of aryl methyl sites for hydroxylation is 1. The van der Waals surface area contributed by atoms with Crippen LogP contribution in [-0.2, 0) is 13.5 Å². The van der Waals surface area contributed by atoms with Crippen molar-refractivity contribution in [1.82, 2.24) is 20.0 Å². The van der Waals surface area contributed by atoms with Crippen LogP contribution >= 0.6 is 11.6 Å². The fourth-order valence-corrected chi connectivity index (χ4v) is 3.60. The average molecular weight is 347 g/mol. The molecule has 2 aromatic rings. The first-order valence-corrected chi connectivity index (χ1v) is 8.65. The SMILES string of the molecule is CC(c1ccccc1Cl)N(C)C(=O)NC1CCCc2c1cnn2C. The van der Waals surface area contributed by atoms with Gasteiger partial charge in [-0.2, -0.15) is 5.10 Å². The Hall–Kier alpha value is -2.01. The molecule has 1 heterocycles. The first-order valence-electron chi connectivity index (χ1n) is 8.27. The molecule has 2 atom stereocenters. The topological polar surface area (TPSA) is 50.2 Å². The molecule has 1 aromatic heterocycles. The van der Waals surface area contributed by atoms with Crippen LogP contribution in [0, 0.1) is 0 Å². The lowest BCUT2D eigenvalue weighted by Gasteiger charge is -2.30. The summed E-state index contributed by atoms with van der Waals surface area (Å²) in [6.45, 7) is 1.98. The Morgan fingerprint density at radius 1 is 1.46 bits per heavy atom. The summed E-state index contributed by atoms with van der Waals surface area (Å²) in [5, 5.41) is 8.16. The summed E-state index contributed by atoms with van der Waals surface area (Å²) in [5.74, 6) is 0. The van der Waals surface area contributed by atoms with Gasteiger partial charge < -0.3 is 10.2 Å². The molecule has 2 unspecified atom stereocenters. The standard InChI is InChI=1S/C18H23ClN4O/c1-12(13-7-4-5-8-15(13)19)22(2)18(24)21-16-9-6-10-17-14(16)11-20-23(17)3/h4-5,7-8,11-12,16H,6,9-10H2,1-3H3,(H,21,24). The van der Waals surface area contributed by atoms with Crippen LogP contribution in [0.3, 0.4) is 0 Å². The lowest BCUT2D eigenvalue weighted by Crippen LogP contribution is -2.41. The van der Waals surface area contributed by atoms with E-state index in [4.69, 9.17) is 11.6 Å². The van der Waals surface area contributed by atoms with Gasteiger partial charge in [0.2, 0.25) is 0 Å². The number of hydrogen-bond acceptors (Lipinski definition) is 2. The molecule has 1 aromatic carbocycles. The summed E-state index contributed by atoms with van der Waals surface area (Å²) in [6, 6.07) is 7.46.